The van der Waals surface area contributed by atoms with E-state index in [1.807, 2.05) is 31.2 Å². The molecule has 3 nitrogen and oxygen atoms in total. The second-order valence-corrected chi connectivity index (χ2v) is 7.64. The van der Waals surface area contributed by atoms with Gasteiger partial charge in [0.2, 0.25) is 0 Å². The molecule has 5 heteroatoms. The van der Waals surface area contributed by atoms with Crippen LogP contribution in [0.3, 0.4) is 0 Å². The normalized spacial score (nSPS) is 11.4. The van der Waals surface area contributed by atoms with Gasteiger partial charge < -0.3 is 9.30 Å². The molecule has 1 aromatic carbocycles. The highest BCUT2D eigenvalue weighted by atomic mass is 35.5. The van der Waals surface area contributed by atoms with Crippen LogP contribution < -0.4 is 0 Å². The van der Waals surface area contributed by atoms with Crippen molar-refractivity contribution in [2.75, 3.05) is 6.61 Å². The number of fused-ring (bicyclic) bond motifs is 1. The molecule has 0 spiro atoms. The Morgan fingerprint density at radius 1 is 1.29 bits per heavy atom. The Hall–Kier alpha value is -1.78. The van der Waals surface area contributed by atoms with Crippen molar-refractivity contribution in [3.8, 4) is 5.00 Å². The lowest BCUT2D eigenvalue weighted by Crippen LogP contribution is -2.01. The maximum Gasteiger partial charge on any atom is 0.348 e. The Morgan fingerprint density at radius 3 is 2.79 bits per heavy atom. The first-order chi connectivity index (χ1) is 11.5. The molecule has 0 saturated heterocycles. The van der Waals surface area contributed by atoms with Crippen LogP contribution in [0.2, 0.25) is 5.02 Å². The van der Waals surface area contributed by atoms with Gasteiger partial charge in [-0.05, 0) is 49.1 Å². The van der Waals surface area contributed by atoms with Crippen LogP contribution in [0.5, 0.6) is 0 Å². The van der Waals surface area contributed by atoms with Gasteiger partial charge in [-0.25, -0.2) is 4.79 Å². The van der Waals surface area contributed by atoms with E-state index in [0.717, 1.165) is 16.9 Å². The molecule has 0 radical (unpaired) electrons. The molecule has 126 valence electrons. The molecule has 0 aliphatic rings. The maximum absolute atomic E-state index is 11.9. The van der Waals surface area contributed by atoms with Crippen LogP contribution in [-0.2, 0) is 11.2 Å². The van der Waals surface area contributed by atoms with E-state index in [1.165, 1.54) is 22.3 Å². The van der Waals surface area contributed by atoms with E-state index in [4.69, 9.17) is 16.3 Å². The Labute approximate surface area is 150 Å². The summed E-state index contributed by atoms with van der Waals surface area (Å²) in [7, 11) is 0. The largest absolute Gasteiger partial charge is 0.462 e. The van der Waals surface area contributed by atoms with Gasteiger partial charge in [-0.3, -0.25) is 0 Å². The molecule has 0 amide bonds. The van der Waals surface area contributed by atoms with Gasteiger partial charge in [0.05, 0.1) is 12.1 Å². The van der Waals surface area contributed by atoms with Gasteiger partial charge in [-0.1, -0.05) is 31.5 Å². The summed E-state index contributed by atoms with van der Waals surface area (Å²) < 4.78 is 7.20. The van der Waals surface area contributed by atoms with Crippen molar-refractivity contribution in [2.45, 2.75) is 27.2 Å². The van der Waals surface area contributed by atoms with E-state index < -0.39 is 0 Å². The number of benzene rings is 1. The highest BCUT2D eigenvalue weighted by molar-refractivity contribution is 7.16. The molecule has 0 aliphatic heterocycles. The minimum Gasteiger partial charge on any atom is -0.462 e. The van der Waals surface area contributed by atoms with Gasteiger partial charge in [0.1, 0.15) is 9.88 Å². The Kier molecular flexibility index (Phi) is 4.97. The van der Waals surface area contributed by atoms with Crippen LogP contribution in [-0.4, -0.2) is 17.1 Å². The number of thiophene rings is 1. The van der Waals surface area contributed by atoms with Crippen LogP contribution in [0.1, 0.15) is 36.0 Å². The molecule has 0 N–H and O–H groups in total. The molecule has 24 heavy (non-hydrogen) atoms. The third-order valence-corrected chi connectivity index (χ3v) is 5.08. The molecule has 2 aromatic heterocycles. The molecular formula is C19H20ClNO2S. The Balaban J connectivity index is 2.08. The lowest BCUT2D eigenvalue weighted by atomic mass is 10.0. The molecule has 0 bridgehead atoms. The molecule has 0 fully saturated rings. The number of ether oxygens (including phenoxy) is 1. The summed E-state index contributed by atoms with van der Waals surface area (Å²) in [4.78, 5) is 12.5. The summed E-state index contributed by atoms with van der Waals surface area (Å²) in [6.45, 7) is 6.62. The van der Waals surface area contributed by atoms with Gasteiger partial charge in [-0.15, -0.1) is 11.3 Å². The van der Waals surface area contributed by atoms with Crippen LogP contribution in [0.15, 0.2) is 36.5 Å². The minimum absolute atomic E-state index is 0.273. The number of nitrogens with zero attached hydrogens (tertiary/aromatic N) is 1. The van der Waals surface area contributed by atoms with Crippen LogP contribution >= 0.6 is 22.9 Å². The molecule has 0 aliphatic carbocycles. The first kappa shape index (κ1) is 17.1. The highest BCUT2D eigenvalue weighted by Gasteiger charge is 2.15. The van der Waals surface area contributed by atoms with Crippen LogP contribution in [0.4, 0.5) is 0 Å². The average Bonchev–Trinajstić information content (AvgIpc) is 3.12. The number of carbonyl (C=O) groups is 1. The fourth-order valence-electron chi connectivity index (χ4n) is 2.82. The zero-order valence-corrected chi connectivity index (χ0v) is 15.6. The van der Waals surface area contributed by atoms with E-state index in [9.17, 15) is 4.79 Å². The van der Waals surface area contributed by atoms with Crippen molar-refractivity contribution >= 4 is 39.8 Å². The van der Waals surface area contributed by atoms with E-state index in [0.29, 0.717) is 22.4 Å². The zero-order chi connectivity index (χ0) is 17.3. The summed E-state index contributed by atoms with van der Waals surface area (Å²) in [5.41, 5.74) is 2.36. The van der Waals surface area contributed by atoms with Gasteiger partial charge in [0.25, 0.3) is 0 Å². The van der Waals surface area contributed by atoms with E-state index in [2.05, 4.69) is 30.7 Å². The molecule has 0 unspecified atom stereocenters. The summed E-state index contributed by atoms with van der Waals surface area (Å²) in [5.74, 6) is 0.295. The first-order valence-corrected chi connectivity index (χ1v) is 9.26. The topological polar surface area (TPSA) is 31.2 Å². The van der Waals surface area contributed by atoms with Crippen molar-refractivity contribution in [1.82, 2.24) is 4.57 Å². The first-order valence-electron chi connectivity index (χ1n) is 8.06. The second-order valence-electron chi connectivity index (χ2n) is 6.14. The second kappa shape index (κ2) is 6.99. The number of hydrogen-bond acceptors (Lipinski definition) is 3. The maximum atomic E-state index is 11.9. The van der Waals surface area contributed by atoms with E-state index in [1.54, 1.807) is 0 Å². The Morgan fingerprint density at radius 2 is 2.08 bits per heavy atom. The van der Waals surface area contributed by atoms with Crippen LogP contribution in [0.25, 0.3) is 15.9 Å². The van der Waals surface area contributed by atoms with Crippen molar-refractivity contribution in [1.29, 1.82) is 0 Å². The number of aromatic nitrogens is 1. The quantitative estimate of drug-likeness (QED) is 0.544. The highest BCUT2D eigenvalue weighted by Crippen LogP contribution is 2.32. The number of hydrogen-bond donors (Lipinski definition) is 0. The zero-order valence-electron chi connectivity index (χ0n) is 14.0. The predicted molar refractivity (Wildman–Crippen MR) is 101 cm³/mol. The van der Waals surface area contributed by atoms with Gasteiger partial charge >= 0.3 is 5.97 Å². The summed E-state index contributed by atoms with van der Waals surface area (Å²) in [5, 5.41) is 2.90. The van der Waals surface area contributed by atoms with Crippen molar-refractivity contribution in [3.05, 3.63) is 52.0 Å². The van der Waals surface area contributed by atoms with Gasteiger partial charge in [-0.2, -0.15) is 0 Å². The Bertz CT molecular complexity index is 879. The van der Waals surface area contributed by atoms with Gasteiger partial charge in [0, 0.05) is 16.6 Å². The lowest BCUT2D eigenvalue weighted by Gasteiger charge is -2.02. The van der Waals surface area contributed by atoms with Crippen molar-refractivity contribution in [3.63, 3.8) is 0 Å². The molecule has 3 rings (SSSR count). The number of halogens is 1. The average molecular weight is 362 g/mol. The molecule has 0 atom stereocenters. The molecular weight excluding hydrogens is 342 g/mol. The van der Waals surface area contributed by atoms with E-state index >= 15 is 0 Å². The SMILES string of the molecule is CCOC(=O)c1ccc(-n2cc(CC(C)C)c3ccc(Cl)cc32)s1. The summed E-state index contributed by atoms with van der Waals surface area (Å²) in [6, 6.07) is 9.75. The number of carbonyl (C=O) groups excluding carboxylic acids is 1. The van der Waals surface area contributed by atoms with Crippen molar-refractivity contribution in [2.24, 2.45) is 5.92 Å². The fraction of sp³-hybridized carbons (Fsp3) is 0.316. The van der Waals surface area contributed by atoms with Crippen LogP contribution in [0, 0.1) is 5.92 Å². The molecule has 0 saturated carbocycles. The predicted octanol–water partition coefficient (Wildman–Crippen LogP) is 5.72. The van der Waals surface area contributed by atoms with Crippen molar-refractivity contribution < 1.29 is 9.53 Å². The van der Waals surface area contributed by atoms with Gasteiger partial charge in [0.15, 0.2) is 0 Å². The standard InChI is InChI=1S/C19H20ClNO2S/c1-4-23-19(22)17-7-8-18(24-17)21-11-13(9-12(2)3)15-6-5-14(20)10-16(15)21/h5-8,10-12H,4,9H2,1-3H3. The monoisotopic (exact) mass is 361 g/mol. The fourth-order valence-corrected chi connectivity index (χ4v) is 3.88. The lowest BCUT2D eigenvalue weighted by molar-refractivity contribution is 0.0532. The number of esters is 1. The minimum atomic E-state index is -0.273. The third kappa shape index (κ3) is 3.35. The van der Waals surface area contributed by atoms with E-state index in [-0.39, 0.29) is 5.97 Å². The smallest absolute Gasteiger partial charge is 0.348 e. The number of rotatable bonds is 5. The molecule has 3 aromatic rings. The summed E-state index contributed by atoms with van der Waals surface area (Å²) in [6.07, 6.45) is 3.16. The summed E-state index contributed by atoms with van der Waals surface area (Å²) >= 11 is 7.64. The third-order valence-electron chi connectivity index (χ3n) is 3.78. The molecule has 2 heterocycles.